The van der Waals surface area contributed by atoms with Crippen LogP contribution in [0.15, 0.2) is 21.2 Å². The lowest BCUT2D eigenvalue weighted by Crippen LogP contribution is -2.28. The molecule has 2 nitrogen and oxygen atoms in total. The van der Waals surface area contributed by atoms with E-state index < -0.39 is 0 Å². The second kappa shape index (κ2) is 5.37. The van der Waals surface area contributed by atoms with Gasteiger partial charge in [-0.2, -0.15) is 0 Å². The van der Waals surface area contributed by atoms with Gasteiger partial charge in [-0.05, 0) is 65.7 Å². The van der Waals surface area contributed by atoms with Crippen LogP contribution >= 0.6 is 15.9 Å². The number of furan rings is 1. The summed E-state index contributed by atoms with van der Waals surface area (Å²) in [6, 6.07) is 4.44. The summed E-state index contributed by atoms with van der Waals surface area (Å²) in [5, 5.41) is 3.61. The lowest BCUT2D eigenvalue weighted by molar-refractivity contribution is 0.297. The van der Waals surface area contributed by atoms with E-state index in [1.165, 1.54) is 12.8 Å². The highest BCUT2D eigenvalue weighted by atomic mass is 79.9. The molecule has 2 rings (SSSR count). The zero-order valence-electron chi connectivity index (χ0n) is 10.0. The Morgan fingerprint density at radius 3 is 2.75 bits per heavy atom. The summed E-state index contributed by atoms with van der Waals surface area (Å²) < 4.78 is 6.52. The van der Waals surface area contributed by atoms with E-state index in [1.807, 2.05) is 6.07 Å². The van der Waals surface area contributed by atoms with Crippen LogP contribution in [0.2, 0.25) is 0 Å². The van der Waals surface area contributed by atoms with Crippen LogP contribution in [0.5, 0.6) is 0 Å². The number of hydrogen-bond acceptors (Lipinski definition) is 2. The van der Waals surface area contributed by atoms with Crippen molar-refractivity contribution < 1.29 is 4.42 Å². The third-order valence-corrected chi connectivity index (χ3v) is 3.83. The molecule has 0 bridgehead atoms. The SMILES string of the molecule is CCCNC(c1ccc(Br)o1)C(C)C1CC1. The quantitative estimate of drug-likeness (QED) is 0.850. The van der Waals surface area contributed by atoms with Crippen molar-refractivity contribution in [3.8, 4) is 0 Å². The molecule has 1 aromatic rings. The topological polar surface area (TPSA) is 25.2 Å². The molecule has 0 aliphatic heterocycles. The molecule has 0 amide bonds. The van der Waals surface area contributed by atoms with Crippen molar-refractivity contribution in [1.29, 1.82) is 0 Å². The molecule has 1 aliphatic rings. The first-order chi connectivity index (χ1) is 7.72. The monoisotopic (exact) mass is 285 g/mol. The van der Waals surface area contributed by atoms with Gasteiger partial charge in [0.1, 0.15) is 5.76 Å². The fourth-order valence-corrected chi connectivity index (χ4v) is 2.55. The highest BCUT2D eigenvalue weighted by Crippen LogP contribution is 2.43. The van der Waals surface area contributed by atoms with E-state index in [4.69, 9.17) is 4.42 Å². The fraction of sp³-hybridized carbons (Fsp3) is 0.692. The summed E-state index contributed by atoms with van der Waals surface area (Å²) in [5.41, 5.74) is 0. The predicted octanol–water partition coefficient (Wildman–Crippen LogP) is 4.13. The molecule has 2 unspecified atom stereocenters. The van der Waals surface area contributed by atoms with Gasteiger partial charge in [0.05, 0.1) is 6.04 Å². The maximum absolute atomic E-state index is 5.70. The van der Waals surface area contributed by atoms with Crippen LogP contribution in [0.1, 0.15) is 44.9 Å². The standard InChI is InChI=1S/C13H20BrNO/c1-3-8-15-13(9(2)10-4-5-10)11-6-7-12(14)16-11/h6-7,9-10,13,15H,3-5,8H2,1-2H3. The number of nitrogens with one attached hydrogen (secondary N) is 1. The van der Waals surface area contributed by atoms with Crippen LogP contribution in [0.3, 0.4) is 0 Å². The van der Waals surface area contributed by atoms with Crippen LogP contribution in [0.4, 0.5) is 0 Å². The van der Waals surface area contributed by atoms with Crippen LogP contribution < -0.4 is 5.32 Å². The lowest BCUT2D eigenvalue weighted by Gasteiger charge is -2.23. The summed E-state index contributed by atoms with van der Waals surface area (Å²) in [7, 11) is 0. The van der Waals surface area contributed by atoms with Gasteiger partial charge in [-0.15, -0.1) is 0 Å². The molecule has 1 fully saturated rings. The van der Waals surface area contributed by atoms with Gasteiger partial charge in [-0.1, -0.05) is 13.8 Å². The average Bonchev–Trinajstić information content (AvgIpc) is 3.03. The van der Waals surface area contributed by atoms with E-state index in [0.717, 1.165) is 29.3 Å². The van der Waals surface area contributed by atoms with Gasteiger partial charge in [-0.25, -0.2) is 0 Å². The van der Waals surface area contributed by atoms with Crippen molar-refractivity contribution >= 4 is 15.9 Å². The van der Waals surface area contributed by atoms with Gasteiger partial charge in [0.15, 0.2) is 4.67 Å². The molecule has 0 radical (unpaired) electrons. The number of rotatable bonds is 6. The molecule has 1 saturated carbocycles. The lowest BCUT2D eigenvalue weighted by atomic mass is 9.94. The summed E-state index contributed by atoms with van der Waals surface area (Å²) in [6.07, 6.45) is 3.93. The van der Waals surface area contributed by atoms with Crippen molar-refractivity contribution in [1.82, 2.24) is 5.32 Å². The highest BCUT2D eigenvalue weighted by molar-refractivity contribution is 9.10. The maximum Gasteiger partial charge on any atom is 0.169 e. The number of halogens is 1. The second-order valence-electron chi connectivity index (χ2n) is 4.77. The molecule has 2 atom stereocenters. The summed E-state index contributed by atoms with van der Waals surface area (Å²) >= 11 is 3.38. The molecule has 3 heteroatoms. The second-order valence-corrected chi connectivity index (χ2v) is 5.55. The molecule has 90 valence electrons. The molecule has 0 saturated heterocycles. The van der Waals surface area contributed by atoms with Gasteiger partial charge >= 0.3 is 0 Å². The third kappa shape index (κ3) is 2.89. The van der Waals surface area contributed by atoms with E-state index in [0.29, 0.717) is 12.0 Å². The van der Waals surface area contributed by atoms with Crippen LogP contribution in [0, 0.1) is 11.8 Å². The van der Waals surface area contributed by atoms with Gasteiger partial charge in [0.25, 0.3) is 0 Å². The minimum absolute atomic E-state index is 0.374. The molecule has 1 aliphatic carbocycles. The summed E-state index contributed by atoms with van der Waals surface area (Å²) in [5.74, 6) is 2.63. The molecule has 16 heavy (non-hydrogen) atoms. The third-order valence-electron chi connectivity index (χ3n) is 3.41. The van der Waals surface area contributed by atoms with Crippen molar-refractivity contribution in [2.45, 2.75) is 39.2 Å². The zero-order valence-corrected chi connectivity index (χ0v) is 11.6. The largest absolute Gasteiger partial charge is 0.453 e. The van der Waals surface area contributed by atoms with Gasteiger partial charge in [0, 0.05) is 0 Å². The van der Waals surface area contributed by atoms with E-state index in [2.05, 4.69) is 41.2 Å². The Morgan fingerprint density at radius 1 is 1.50 bits per heavy atom. The molecule has 0 aromatic carbocycles. The maximum atomic E-state index is 5.70. The first kappa shape index (κ1) is 12.2. The van der Waals surface area contributed by atoms with Crippen LogP contribution in [0.25, 0.3) is 0 Å². The van der Waals surface area contributed by atoms with E-state index in [9.17, 15) is 0 Å². The van der Waals surface area contributed by atoms with Crippen molar-refractivity contribution in [2.75, 3.05) is 6.54 Å². The van der Waals surface area contributed by atoms with Crippen molar-refractivity contribution in [2.24, 2.45) is 11.8 Å². The Kier molecular flexibility index (Phi) is 4.09. The smallest absolute Gasteiger partial charge is 0.169 e. The van der Waals surface area contributed by atoms with E-state index >= 15 is 0 Å². The first-order valence-electron chi connectivity index (χ1n) is 6.21. The fourth-order valence-electron chi connectivity index (χ4n) is 2.24. The Balaban J connectivity index is 2.06. The first-order valence-corrected chi connectivity index (χ1v) is 7.00. The van der Waals surface area contributed by atoms with Crippen molar-refractivity contribution in [3.63, 3.8) is 0 Å². The minimum Gasteiger partial charge on any atom is -0.453 e. The summed E-state index contributed by atoms with van der Waals surface area (Å²) in [6.45, 7) is 5.59. The normalized spacial score (nSPS) is 19.7. The van der Waals surface area contributed by atoms with E-state index in [1.54, 1.807) is 0 Å². The minimum atomic E-state index is 0.374. The predicted molar refractivity (Wildman–Crippen MR) is 69.3 cm³/mol. The van der Waals surface area contributed by atoms with Gasteiger partial charge < -0.3 is 9.73 Å². The highest BCUT2D eigenvalue weighted by Gasteiger charge is 2.35. The molecular weight excluding hydrogens is 266 g/mol. The Morgan fingerprint density at radius 2 is 2.25 bits per heavy atom. The van der Waals surface area contributed by atoms with Gasteiger partial charge in [0.2, 0.25) is 0 Å². The van der Waals surface area contributed by atoms with Crippen LogP contribution in [-0.2, 0) is 0 Å². The molecule has 1 aromatic heterocycles. The summed E-state index contributed by atoms with van der Waals surface area (Å²) in [4.78, 5) is 0. The Labute approximate surface area is 106 Å². The Bertz CT molecular complexity index is 332. The van der Waals surface area contributed by atoms with E-state index in [-0.39, 0.29) is 0 Å². The Hall–Kier alpha value is -0.280. The van der Waals surface area contributed by atoms with Crippen molar-refractivity contribution in [3.05, 3.63) is 22.6 Å². The number of hydrogen-bond donors (Lipinski definition) is 1. The molecule has 0 spiro atoms. The molecular formula is C13H20BrNO. The average molecular weight is 286 g/mol. The molecule has 1 heterocycles. The van der Waals surface area contributed by atoms with Crippen LogP contribution in [-0.4, -0.2) is 6.54 Å². The van der Waals surface area contributed by atoms with Gasteiger partial charge in [-0.3, -0.25) is 0 Å². The zero-order chi connectivity index (χ0) is 11.5. The molecule has 1 N–H and O–H groups in total.